The summed E-state index contributed by atoms with van der Waals surface area (Å²) < 4.78 is 14.1. The Balaban J connectivity index is 3.11. The van der Waals surface area contributed by atoms with Gasteiger partial charge in [-0.2, -0.15) is 0 Å². The normalized spacial score (nSPS) is 14.4. The standard InChI is InChI=1S/C16H28FN3/c1-6-20(13(3)11-19(4)5)16-9-7-8-15(17)14(16)10-12(2)18/h7-9,12-13H,6,10-11,18H2,1-5H3. The molecule has 0 saturated carbocycles. The van der Waals surface area contributed by atoms with Crippen molar-refractivity contribution in [2.24, 2.45) is 5.73 Å². The van der Waals surface area contributed by atoms with Crippen LogP contribution in [0.4, 0.5) is 10.1 Å². The highest BCUT2D eigenvalue weighted by Gasteiger charge is 2.19. The number of nitrogens with zero attached hydrogens (tertiary/aromatic N) is 2. The molecule has 3 nitrogen and oxygen atoms in total. The molecule has 0 saturated heterocycles. The van der Waals surface area contributed by atoms with Gasteiger partial charge < -0.3 is 15.5 Å². The molecule has 0 aliphatic rings. The van der Waals surface area contributed by atoms with Gasteiger partial charge in [0.1, 0.15) is 5.82 Å². The predicted molar refractivity (Wildman–Crippen MR) is 84.8 cm³/mol. The third kappa shape index (κ3) is 4.46. The molecule has 114 valence electrons. The fourth-order valence-electron chi connectivity index (χ4n) is 2.69. The van der Waals surface area contributed by atoms with Crippen LogP contribution >= 0.6 is 0 Å². The largest absolute Gasteiger partial charge is 0.368 e. The lowest BCUT2D eigenvalue weighted by atomic mass is 10.0. The first-order chi connectivity index (χ1) is 9.36. The van der Waals surface area contributed by atoms with Crippen LogP contribution in [0.5, 0.6) is 0 Å². The highest BCUT2D eigenvalue weighted by atomic mass is 19.1. The van der Waals surface area contributed by atoms with Crippen LogP contribution < -0.4 is 10.6 Å². The van der Waals surface area contributed by atoms with E-state index in [1.807, 2.05) is 13.0 Å². The van der Waals surface area contributed by atoms with E-state index in [4.69, 9.17) is 5.73 Å². The van der Waals surface area contributed by atoms with Crippen molar-refractivity contribution in [3.63, 3.8) is 0 Å². The second kappa shape index (κ2) is 7.60. The molecule has 1 aromatic rings. The maximum absolute atomic E-state index is 14.1. The summed E-state index contributed by atoms with van der Waals surface area (Å²) in [5, 5.41) is 0. The molecule has 2 N–H and O–H groups in total. The fourth-order valence-corrected chi connectivity index (χ4v) is 2.69. The van der Waals surface area contributed by atoms with Crippen molar-refractivity contribution in [3.05, 3.63) is 29.6 Å². The number of anilines is 1. The molecule has 0 heterocycles. The van der Waals surface area contributed by atoms with Crippen LogP contribution in [0.15, 0.2) is 18.2 Å². The molecule has 0 fully saturated rings. The van der Waals surface area contributed by atoms with E-state index in [1.165, 1.54) is 6.07 Å². The van der Waals surface area contributed by atoms with E-state index in [-0.39, 0.29) is 11.9 Å². The molecule has 0 spiro atoms. The number of hydrogen-bond donors (Lipinski definition) is 1. The molecule has 0 bridgehead atoms. The summed E-state index contributed by atoms with van der Waals surface area (Å²) in [7, 11) is 4.11. The van der Waals surface area contributed by atoms with Gasteiger partial charge in [0.25, 0.3) is 0 Å². The van der Waals surface area contributed by atoms with Crippen LogP contribution in [-0.4, -0.2) is 44.2 Å². The molecule has 0 radical (unpaired) electrons. The Labute approximate surface area is 122 Å². The first kappa shape index (κ1) is 16.9. The predicted octanol–water partition coefficient (Wildman–Crippen LogP) is 2.49. The minimum Gasteiger partial charge on any atom is -0.368 e. The van der Waals surface area contributed by atoms with Crippen molar-refractivity contribution in [2.45, 2.75) is 39.3 Å². The summed E-state index contributed by atoms with van der Waals surface area (Å²) in [5.74, 6) is -0.157. The van der Waals surface area contributed by atoms with Gasteiger partial charge in [0.05, 0.1) is 0 Å². The van der Waals surface area contributed by atoms with Gasteiger partial charge in [-0.1, -0.05) is 6.07 Å². The van der Waals surface area contributed by atoms with Crippen molar-refractivity contribution in [1.82, 2.24) is 4.90 Å². The van der Waals surface area contributed by atoms with Gasteiger partial charge in [-0.3, -0.25) is 0 Å². The zero-order valence-corrected chi connectivity index (χ0v) is 13.4. The number of likely N-dealkylation sites (N-methyl/N-ethyl adjacent to an activating group) is 2. The Morgan fingerprint density at radius 1 is 1.25 bits per heavy atom. The fraction of sp³-hybridized carbons (Fsp3) is 0.625. The summed E-state index contributed by atoms with van der Waals surface area (Å²) >= 11 is 0. The molecular formula is C16H28FN3. The van der Waals surface area contributed by atoms with Gasteiger partial charge in [-0.15, -0.1) is 0 Å². The van der Waals surface area contributed by atoms with Gasteiger partial charge in [-0.05, 0) is 53.4 Å². The van der Waals surface area contributed by atoms with E-state index in [2.05, 4.69) is 37.7 Å². The molecule has 1 aromatic carbocycles. The maximum atomic E-state index is 14.1. The molecule has 0 aliphatic carbocycles. The molecule has 2 atom stereocenters. The van der Waals surface area contributed by atoms with E-state index in [1.54, 1.807) is 6.07 Å². The van der Waals surface area contributed by atoms with Gasteiger partial charge >= 0.3 is 0 Å². The Morgan fingerprint density at radius 2 is 1.90 bits per heavy atom. The monoisotopic (exact) mass is 281 g/mol. The molecule has 20 heavy (non-hydrogen) atoms. The Hall–Kier alpha value is -1.13. The third-order valence-corrected chi connectivity index (χ3v) is 3.43. The number of halogens is 1. The van der Waals surface area contributed by atoms with Crippen molar-refractivity contribution in [3.8, 4) is 0 Å². The molecule has 4 heteroatoms. The molecule has 0 aromatic heterocycles. The average Bonchev–Trinajstić information content (AvgIpc) is 2.32. The molecule has 0 aliphatic heterocycles. The maximum Gasteiger partial charge on any atom is 0.128 e. The zero-order valence-electron chi connectivity index (χ0n) is 13.4. The quantitative estimate of drug-likeness (QED) is 0.833. The zero-order chi connectivity index (χ0) is 15.3. The van der Waals surface area contributed by atoms with Gasteiger partial charge in [0, 0.05) is 36.4 Å². The van der Waals surface area contributed by atoms with Crippen LogP contribution in [0.3, 0.4) is 0 Å². The van der Waals surface area contributed by atoms with E-state index in [9.17, 15) is 4.39 Å². The number of hydrogen-bond acceptors (Lipinski definition) is 3. The van der Waals surface area contributed by atoms with Gasteiger partial charge in [-0.25, -0.2) is 4.39 Å². The highest BCUT2D eigenvalue weighted by molar-refractivity contribution is 5.55. The summed E-state index contributed by atoms with van der Waals surface area (Å²) in [6, 6.07) is 5.57. The molecule has 0 amide bonds. The van der Waals surface area contributed by atoms with E-state index >= 15 is 0 Å². The summed E-state index contributed by atoms with van der Waals surface area (Å²) in [6.07, 6.45) is 0.563. The Bertz CT molecular complexity index is 418. The lowest BCUT2D eigenvalue weighted by Gasteiger charge is -2.34. The molecular weight excluding hydrogens is 253 g/mol. The van der Waals surface area contributed by atoms with Crippen molar-refractivity contribution >= 4 is 5.69 Å². The Morgan fingerprint density at radius 3 is 2.40 bits per heavy atom. The van der Waals surface area contributed by atoms with E-state index < -0.39 is 0 Å². The van der Waals surface area contributed by atoms with Crippen LogP contribution in [-0.2, 0) is 6.42 Å². The van der Waals surface area contributed by atoms with E-state index in [0.29, 0.717) is 12.5 Å². The second-order valence-electron chi connectivity index (χ2n) is 5.82. The summed E-state index contributed by atoms with van der Waals surface area (Å²) in [6.45, 7) is 7.97. The van der Waals surface area contributed by atoms with Crippen molar-refractivity contribution in [1.29, 1.82) is 0 Å². The van der Waals surface area contributed by atoms with Crippen LogP contribution in [0.2, 0.25) is 0 Å². The third-order valence-electron chi connectivity index (χ3n) is 3.43. The lowest BCUT2D eigenvalue weighted by Crippen LogP contribution is -2.41. The molecule has 1 rings (SSSR count). The first-order valence-corrected chi connectivity index (χ1v) is 7.31. The van der Waals surface area contributed by atoms with Crippen LogP contribution in [0, 0.1) is 5.82 Å². The summed E-state index contributed by atoms with van der Waals surface area (Å²) in [4.78, 5) is 4.40. The topological polar surface area (TPSA) is 32.5 Å². The van der Waals surface area contributed by atoms with Gasteiger partial charge in [0.15, 0.2) is 0 Å². The Kier molecular flexibility index (Phi) is 6.43. The minimum atomic E-state index is -0.157. The van der Waals surface area contributed by atoms with Crippen LogP contribution in [0.1, 0.15) is 26.3 Å². The van der Waals surface area contributed by atoms with Crippen molar-refractivity contribution < 1.29 is 4.39 Å². The lowest BCUT2D eigenvalue weighted by molar-refractivity contribution is 0.372. The van der Waals surface area contributed by atoms with Gasteiger partial charge in [0.2, 0.25) is 0 Å². The van der Waals surface area contributed by atoms with E-state index in [0.717, 1.165) is 24.3 Å². The summed E-state index contributed by atoms with van der Waals surface area (Å²) in [5.41, 5.74) is 7.57. The number of nitrogens with two attached hydrogens (primary N) is 1. The smallest absolute Gasteiger partial charge is 0.128 e. The molecule has 2 unspecified atom stereocenters. The highest BCUT2D eigenvalue weighted by Crippen LogP contribution is 2.26. The minimum absolute atomic E-state index is 0.0477. The second-order valence-corrected chi connectivity index (χ2v) is 5.82. The first-order valence-electron chi connectivity index (χ1n) is 7.31. The van der Waals surface area contributed by atoms with Crippen LogP contribution in [0.25, 0.3) is 0 Å². The average molecular weight is 281 g/mol. The van der Waals surface area contributed by atoms with Crippen molar-refractivity contribution in [2.75, 3.05) is 32.1 Å². The number of benzene rings is 1. The SMILES string of the molecule is CCN(c1cccc(F)c1CC(C)N)C(C)CN(C)C. The number of rotatable bonds is 7.